The van der Waals surface area contributed by atoms with Crippen molar-refractivity contribution in [2.75, 3.05) is 70.5 Å². The highest BCUT2D eigenvalue weighted by atomic mass is 19.2. The number of hydrogen-bond acceptors (Lipinski definition) is 5. The molecule has 0 radical (unpaired) electrons. The molecule has 0 bridgehead atoms. The van der Waals surface area contributed by atoms with Crippen molar-refractivity contribution in [2.24, 2.45) is 5.41 Å². The SMILES string of the molecule is CCc1cc(F)c(-c2ccc(-c3c(-c4ccc(C5=CC(F)[C@@]5(C)[C@@H](F)CCCCCCC(=O)N(C)C)cc4)c(-c4ccc(-c5cc(F)c(CCCCCC(=O)N(C)C)cc5F)cc4)c(-c4ccc(-c5cc(F)c(CCCCCC(=O)N(C)C)cc5F)cc4)c(-c4ccc(-c5cc(F)c(CCCCCC(=O)N(C)C)cc5F)cc4)c3-c3ccc(-c4cc(F)c(CCCCCC(=O)N(C)C)cc4F)cc3)cc2)cc1F. The van der Waals surface area contributed by atoms with Crippen LogP contribution in [0.5, 0.6) is 0 Å². The Labute approximate surface area is 833 Å². The fraction of sp³-hybridized carbons (Fsp3) is 0.347. The van der Waals surface area contributed by atoms with E-state index in [2.05, 4.69) is 0 Å². The topological polar surface area (TPSA) is 102 Å². The van der Waals surface area contributed by atoms with Gasteiger partial charge in [0.15, 0.2) is 0 Å². The zero-order valence-electron chi connectivity index (χ0n) is 83.8. The molecule has 1 aliphatic rings. The Morgan fingerprint density at radius 3 is 0.657 bits per heavy atom. The van der Waals surface area contributed by atoms with Gasteiger partial charge in [-0.15, -0.1) is 0 Å². The Bertz CT molecular complexity index is 6440. The molecule has 0 heterocycles. The molecule has 0 saturated carbocycles. The van der Waals surface area contributed by atoms with Crippen molar-refractivity contribution in [3.8, 4) is 122 Å². The highest BCUT2D eigenvalue weighted by Gasteiger charge is 2.51. The number of carbonyl (C=O) groups is 5. The smallest absolute Gasteiger partial charge is 0.222 e. The summed E-state index contributed by atoms with van der Waals surface area (Å²) in [5.74, 6) is -7.16. The van der Waals surface area contributed by atoms with Gasteiger partial charge in [-0.25, -0.2) is 52.7 Å². The first kappa shape index (κ1) is 107. The predicted octanol–water partition coefficient (Wildman–Crippen LogP) is 30.2. The lowest BCUT2D eigenvalue weighted by atomic mass is 9.62. The molecule has 750 valence electrons. The highest BCUT2D eigenvalue weighted by Crippen LogP contribution is 2.59. The van der Waals surface area contributed by atoms with Crippen molar-refractivity contribution < 1.29 is 76.7 Å². The monoisotopic (exact) mass is 1960 g/mol. The molecule has 12 aromatic carbocycles. The van der Waals surface area contributed by atoms with E-state index in [1.807, 2.05) is 12.1 Å². The van der Waals surface area contributed by atoms with Crippen LogP contribution in [0.1, 0.15) is 188 Å². The summed E-state index contributed by atoms with van der Waals surface area (Å²) in [6.07, 6.45) is 9.16. The van der Waals surface area contributed by atoms with Crippen LogP contribution in [0.25, 0.3) is 128 Å². The molecule has 22 heteroatoms. The van der Waals surface area contributed by atoms with Crippen molar-refractivity contribution in [3.05, 3.63) is 304 Å². The van der Waals surface area contributed by atoms with Gasteiger partial charge in [-0.3, -0.25) is 24.0 Å². The number of unbranched alkanes of at least 4 members (excludes halogenated alkanes) is 11. The van der Waals surface area contributed by atoms with E-state index in [0.717, 1.165) is 36.4 Å². The number of alkyl halides is 2. The maximum Gasteiger partial charge on any atom is 0.222 e. The number of hydrogen-bond donors (Lipinski definition) is 0. The molecule has 5 amide bonds. The molecular weight excluding hydrogens is 1830 g/mol. The van der Waals surface area contributed by atoms with Crippen molar-refractivity contribution in [3.63, 3.8) is 0 Å². The Balaban J connectivity index is 1.08. The van der Waals surface area contributed by atoms with E-state index in [-0.39, 0.29) is 152 Å². The lowest BCUT2D eigenvalue weighted by Crippen LogP contribution is -2.45. The minimum atomic E-state index is -1.69. The highest BCUT2D eigenvalue weighted by molar-refractivity contribution is 6.16. The minimum absolute atomic E-state index is 0.0227. The fourth-order valence-electron chi connectivity index (χ4n) is 19.2. The second kappa shape index (κ2) is 48.8. The number of halogens is 12. The molecule has 0 aromatic heterocycles. The summed E-state index contributed by atoms with van der Waals surface area (Å²) in [6.45, 7) is 3.27. The van der Waals surface area contributed by atoms with E-state index in [1.165, 1.54) is 54.8 Å². The Hall–Kier alpha value is -13.1. The Morgan fingerprint density at radius 1 is 0.259 bits per heavy atom. The van der Waals surface area contributed by atoms with Gasteiger partial charge in [0.25, 0.3) is 0 Å². The average molecular weight is 1960 g/mol. The fourth-order valence-corrected chi connectivity index (χ4v) is 19.2. The van der Waals surface area contributed by atoms with Crippen LogP contribution in [0.15, 0.2) is 212 Å². The summed E-state index contributed by atoms with van der Waals surface area (Å²) in [6, 6.07) is 52.5. The van der Waals surface area contributed by atoms with Crippen LogP contribution in [0.4, 0.5) is 52.7 Å². The maximum absolute atomic E-state index is 17.3. The van der Waals surface area contributed by atoms with Gasteiger partial charge in [0.1, 0.15) is 70.5 Å². The molecule has 1 aliphatic carbocycles. The van der Waals surface area contributed by atoms with Crippen LogP contribution < -0.4 is 0 Å². The molecule has 0 spiro atoms. The van der Waals surface area contributed by atoms with Gasteiger partial charge in [0.2, 0.25) is 29.5 Å². The lowest BCUT2D eigenvalue weighted by molar-refractivity contribution is -0.129. The normalized spacial score (nSPS) is 13.6. The van der Waals surface area contributed by atoms with Crippen molar-refractivity contribution in [1.82, 2.24) is 24.5 Å². The predicted molar refractivity (Wildman–Crippen MR) is 551 cm³/mol. The third-order valence-electron chi connectivity index (χ3n) is 28.0. The van der Waals surface area contributed by atoms with E-state index in [9.17, 15) is 24.0 Å². The van der Waals surface area contributed by atoms with Crippen LogP contribution >= 0.6 is 0 Å². The zero-order valence-corrected chi connectivity index (χ0v) is 83.8. The zero-order chi connectivity index (χ0) is 103. The number of rotatable bonds is 45. The van der Waals surface area contributed by atoms with Gasteiger partial charge < -0.3 is 24.5 Å². The van der Waals surface area contributed by atoms with Gasteiger partial charge >= 0.3 is 0 Å². The number of allylic oxidation sites excluding steroid dienone is 2. The summed E-state index contributed by atoms with van der Waals surface area (Å²) in [5, 5.41) is 0. The van der Waals surface area contributed by atoms with E-state index in [1.54, 1.807) is 218 Å². The number of aryl methyl sites for hydroxylation is 5. The van der Waals surface area contributed by atoms with Crippen LogP contribution in [-0.4, -0.2) is 137 Å². The second-order valence-electron chi connectivity index (χ2n) is 39.1. The number of benzene rings is 12. The maximum atomic E-state index is 17.3. The van der Waals surface area contributed by atoms with Gasteiger partial charge in [-0.2, -0.15) is 0 Å². The summed E-state index contributed by atoms with van der Waals surface area (Å²) >= 11 is 0. The van der Waals surface area contributed by atoms with Gasteiger partial charge in [-0.05, 0) is 304 Å². The number of amides is 5. The molecule has 13 rings (SSSR count). The summed E-state index contributed by atoms with van der Waals surface area (Å²) in [4.78, 5) is 69.7. The second-order valence-corrected chi connectivity index (χ2v) is 39.1. The van der Waals surface area contributed by atoms with Crippen LogP contribution in [-0.2, 0) is 56.1 Å². The summed E-state index contributed by atoms with van der Waals surface area (Å²) < 4.78 is 203. The molecule has 143 heavy (non-hydrogen) atoms. The van der Waals surface area contributed by atoms with E-state index < -0.39 is 75.9 Å². The molecule has 0 saturated heterocycles. The van der Waals surface area contributed by atoms with Crippen molar-refractivity contribution in [1.29, 1.82) is 0 Å². The Morgan fingerprint density at radius 2 is 0.448 bits per heavy atom. The lowest BCUT2D eigenvalue weighted by Gasteiger charge is -2.44. The molecule has 0 aliphatic heterocycles. The first-order valence-corrected chi connectivity index (χ1v) is 49.7. The van der Waals surface area contributed by atoms with Crippen LogP contribution in [0, 0.1) is 63.6 Å². The molecule has 3 atom stereocenters. The first-order chi connectivity index (χ1) is 68.4. The number of carbonyl (C=O) groups excluding carboxylic acids is 5. The largest absolute Gasteiger partial charge is 0.349 e. The van der Waals surface area contributed by atoms with Gasteiger partial charge in [0.05, 0.1) is 5.41 Å². The average Bonchev–Trinajstić information content (AvgIpc) is 0.708. The van der Waals surface area contributed by atoms with E-state index in [0.29, 0.717) is 213 Å². The number of nitrogens with zero attached hydrogens (tertiary/aromatic N) is 5. The molecule has 12 aromatic rings. The molecule has 10 nitrogen and oxygen atoms in total. The van der Waals surface area contributed by atoms with Crippen molar-refractivity contribution in [2.45, 2.75) is 200 Å². The molecular formula is C121H127F12N5O5. The van der Waals surface area contributed by atoms with Crippen LogP contribution in [0.3, 0.4) is 0 Å². The van der Waals surface area contributed by atoms with E-state index >= 15 is 52.7 Å². The summed E-state index contributed by atoms with van der Waals surface area (Å²) in [7, 11) is 16.7. The van der Waals surface area contributed by atoms with Crippen LogP contribution in [0.2, 0.25) is 0 Å². The standard InChI is InChI=1S/C121H127F12N5O5/c1-13-75-64-103(127)92(69-98(75)122)76-40-52-85(53-41-76)118-116(83-56-44-78(45-57-83)94-71-100(124)89(66-105(94)129)31-21-17-27-37-112(141)136(7)8)115(82-54-42-77(43-55-82)93-70-99(123)88(65-104(93)128)30-20-16-26-36-111(140)135(5)6)117(84-58-46-79(47-59-84)95-72-101(125)90(67-106(95)130)32-22-18-28-38-113(142)137(9)10)119(86-60-48-80(49-61-86)96-73-102(126)91(68-107(96)131)33-23-19-29-39-114(143)138(11)12)120(118)87-62-50-81(51-63-87)97-74-109(133)121(97,2)108(132)34-24-14-15-25-35-110(139)134(3)4/h40-74,108-109H,13-39H2,1-12H3/t108-,109?,121+/m0/s1. The third-order valence-corrected chi connectivity index (χ3v) is 28.0. The molecule has 0 fully saturated rings. The Kier molecular flexibility index (Phi) is 36.6. The minimum Gasteiger partial charge on any atom is -0.349 e. The summed E-state index contributed by atoms with van der Waals surface area (Å²) in [5.41, 5.74) is 5.69. The third kappa shape index (κ3) is 25.7. The van der Waals surface area contributed by atoms with E-state index in [4.69, 9.17) is 0 Å². The van der Waals surface area contributed by atoms with Gasteiger partial charge in [0, 0.05) is 130 Å². The first-order valence-electron chi connectivity index (χ1n) is 49.7. The van der Waals surface area contributed by atoms with Gasteiger partial charge in [-0.1, -0.05) is 197 Å². The quantitative estimate of drug-likeness (QED) is 0.0279. The van der Waals surface area contributed by atoms with Crippen molar-refractivity contribution >= 4 is 35.1 Å². The molecule has 0 N–H and O–H groups in total. The molecule has 1 unspecified atom stereocenters.